The van der Waals surface area contributed by atoms with Gasteiger partial charge in [-0.15, -0.1) is 0 Å². The van der Waals surface area contributed by atoms with Gasteiger partial charge in [-0.2, -0.15) is 0 Å². The Morgan fingerprint density at radius 2 is 2.00 bits per heavy atom. The van der Waals surface area contributed by atoms with E-state index in [0.29, 0.717) is 6.54 Å². The van der Waals surface area contributed by atoms with Crippen molar-refractivity contribution < 1.29 is 4.74 Å². The van der Waals surface area contributed by atoms with Gasteiger partial charge in [0.15, 0.2) is 0 Å². The van der Waals surface area contributed by atoms with Gasteiger partial charge in [0.1, 0.15) is 11.6 Å². The molecule has 4 heteroatoms. The van der Waals surface area contributed by atoms with E-state index in [1.807, 2.05) is 32.2 Å². The molecule has 0 radical (unpaired) electrons. The van der Waals surface area contributed by atoms with Crippen LogP contribution in [-0.2, 0) is 13.1 Å². The third-order valence-corrected chi connectivity index (χ3v) is 3.57. The summed E-state index contributed by atoms with van der Waals surface area (Å²) in [4.78, 5) is 6.79. The average molecular weight is 285 g/mol. The number of pyridine rings is 1. The van der Waals surface area contributed by atoms with Crippen molar-refractivity contribution in [3.63, 3.8) is 0 Å². The van der Waals surface area contributed by atoms with Crippen molar-refractivity contribution in [2.75, 3.05) is 19.1 Å². The van der Waals surface area contributed by atoms with Crippen molar-refractivity contribution in [2.45, 2.75) is 26.9 Å². The molecule has 0 bridgehead atoms. The van der Waals surface area contributed by atoms with Crippen LogP contribution in [0.15, 0.2) is 30.3 Å². The van der Waals surface area contributed by atoms with Crippen LogP contribution in [-0.4, -0.2) is 19.1 Å². The van der Waals surface area contributed by atoms with E-state index < -0.39 is 0 Å². The molecule has 0 fully saturated rings. The van der Waals surface area contributed by atoms with Gasteiger partial charge in [0, 0.05) is 31.4 Å². The maximum absolute atomic E-state index is 5.89. The second-order valence-electron chi connectivity index (χ2n) is 5.29. The molecule has 0 aliphatic heterocycles. The first-order valence-electron chi connectivity index (χ1n) is 7.06. The van der Waals surface area contributed by atoms with Gasteiger partial charge in [0.2, 0.25) is 0 Å². The molecule has 2 N–H and O–H groups in total. The third kappa shape index (κ3) is 3.52. The number of hydrogen-bond donors (Lipinski definition) is 1. The lowest BCUT2D eigenvalue weighted by molar-refractivity contribution is 0.414. The lowest BCUT2D eigenvalue weighted by atomic mass is 10.1. The molecule has 112 valence electrons. The van der Waals surface area contributed by atoms with Crippen LogP contribution in [0.4, 0.5) is 5.82 Å². The molecule has 0 aliphatic rings. The van der Waals surface area contributed by atoms with Gasteiger partial charge in [0.05, 0.1) is 7.11 Å². The molecule has 0 unspecified atom stereocenters. The van der Waals surface area contributed by atoms with Crippen molar-refractivity contribution in [3.05, 3.63) is 52.7 Å². The second-order valence-corrected chi connectivity index (χ2v) is 5.29. The van der Waals surface area contributed by atoms with Gasteiger partial charge in [-0.1, -0.05) is 12.1 Å². The molecule has 2 rings (SSSR count). The lowest BCUT2D eigenvalue weighted by Gasteiger charge is -2.23. The van der Waals surface area contributed by atoms with Gasteiger partial charge in [0.25, 0.3) is 0 Å². The highest BCUT2D eigenvalue weighted by atomic mass is 16.5. The number of aryl methyl sites for hydroxylation is 2. The molecule has 0 aliphatic carbocycles. The smallest absolute Gasteiger partial charge is 0.133 e. The second kappa shape index (κ2) is 6.59. The maximum atomic E-state index is 5.89. The number of hydrogen-bond acceptors (Lipinski definition) is 4. The zero-order valence-corrected chi connectivity index (χ0v) is 13.2. The highest BCUT2D eigenvalue weighted by Gasteiger charge is 2.12. The third-order valence-electron chi connectivity index (χ3n) is 3.57. The van der Waals surface area contributed by atoms with Crippen molar-refractivity contribution >= 4 is 5.82 Å². The number of benzene rings is 1. The summed E-state index contributed by atoms with van der Waals surface area (Å²) in [6.45, 7) is 5.35. The largest absolute Gasteiger partial charge is 0.497 e. The summed E-state index contributed by atoms with van der Waals surface area (Å²) >= 11 is 0. The number of rotatable bonds is 5. The van der Waals surface area contributed by atoms with Gasteiger partial charge >= 0.3 is 0 Å². The van der Waals surface area contributed by atoms with Crippen LogP contribution in [0.25, 0.3) is 0 Å². The van der Waals surface area contributed by atoms with E-state index in [9.17, 15) is 0 Å². The SMILES string of the molecule is COc1cccc(CN(C)c2nc(C)cc(C)c2CN)c1. The fourth-order valence-electron chi connectivity index (χ4n) is 2.53. The molecule has 1 aromatic carbocycles. The summed E-state index contributed by atoms with van der Waals surface area (Å²) in [5.41, 5.74) is 10.4. The van der Waals surface area contributed by atoms with E-state index in [1.54, 1.807) is 7.11 Å². The van der Waals surface area contributed by atoms with Crippen LogP contribution < -0.4 is 15.4 Å². The molecule has 0 atom stereocenters. The van der Waals surface area contributed by atoms with Crippen LogP contribution in [0.5, 0.6) is 5.75 Å². The van der Waals surface area contributed by atoms with Crippen molar-refractivity contribution in [1.29, 1.82) is 0 Å². The van der Waals surface area contributed by atoms with E-state index in [1.165, 1.54) is 11.1 Å². The Morgan fingerprint density at radius 1 is 1.24 bits per heavy atom. The molecular formula is C17H23N3O. The molecule has 0 saturated carbocycles. The van der Waals surface area contributed by atoms with Crippen molar-refractivity contribution in [2.24, 2.45) is 5.73 Å². The van der Waals surface area contributed by atoms with Gasteiger partial charge < -0.3 is 15.4 Å². The average Bonchev–Trinajstić information content (AvgIpc) is 2.46. The van der Waals surface area contributed by atoms with Gasteiger partial charge in [-0.25, -0.2) is 4.98 Å². The monoisotopic (exact) mass is 285 g/mol. The molecule has 4 nitrogen and oxygen atoms in total. The first-order chi connectivity index (χ1) is 10.0. The van der Waals surface area contributed by atoms with Crippen LogP contribution >= 0.6 is 0 Å². The van der Waals surface area contributed by atoms with Crippen molar-refractivity contribution in [1.82, 2.24) is 4.98 Å². The topological polar surface area (TPSA) is 51.4 Å². The first-order valence-corrected chi connectivity index (χ1v) is 7.06. The summed E-state index contributed by atoms with van der Waals surface area (Å²) in [6, 6.07) is 10.2. The van der Waals surface area contributed by atoms with Crippen molar-refractivity contribution in [3.8, 4) is 5.75 Å². The lowest BCUT2D eigenvalue weighted by Crippen LogP contribution is -2.21. The van der Waals surface area contributed by atoms with Gasteiger partial charge in [-0.05, 0) is 43.2 Å². The molecule has 21 heavy (non-hydrogen) atoms. The van der Waals surface area contributed by atoms with E-state index >= 15 is 0 Å². The van der Waals surface area contributed by atoms with Gasteiger partial charge in [-0.3, -0.25) is 0 Å². The minimum atomic E-state index is 0.497. The van der Waals surface area contributed by atoms with E-state index in [-0.39, 0.29) is 0 Å². The van der Waals surface area contributed by atoms with E-state index in [0.717, 1.165) is 29.4 Å². The van der Waals surface area contributed by atoms with Crippen LogP contribution in [0.2, 0.25) is 0 Å². The molecule has 1 heterocycles. The Balaban J connectivity index is 2.29. The minimum absolute atomic E-state index is 0.497. The number of anilines is 1. The molecule has 1 aromatic heterocycles. The summed E-state index contributed by atoms with van der Waals surface area (Å²) in [7, 11) is 3.72. The predicted octanol–water partition coefficient (Wildman–Crippen LogP) is 2.80. The maximum Gasteiger partial charge on any atom is 0.133 e. The Bertz CT molecular complexity index is 625. The highest BCUT2D eigenvalue weighted by Crippen LogP contribution is 2.23. The number of aromatic nitrogens is 1. The Kier molecular flexibility index (Phi) is 4.81. The first kappa shape index (κ1) is 15.3. The fourth-order valence-corrected chi connectivity index (χ4v) is 2.53. The number of methoxy groups -OCH3 is 1. The predicted molar refractivity (Wildman–Crippen MR) is 86.7 cm³/mol. The summed E-state index contributed by atoms with van der Waals surface area (Å²) in [5.74, 6) is 1.83. The Morgan fingerprint density at radius 3 is 2.67 bits per heavy atom. The number of nitrogens with zero attached hydrogens (tertiary/aromatic N) is 2. The molecule has 0 amide bonds. The number of ether oxygens (including phenoxy) is 1. The Labute approximate surface area is 126 Å². The molecular weight excluding hydrogens is 262 g/mol. The standard InChI is InChI=1S/C17H23N3O/c1-12-8-13(2)19-17(16(12)10-18)20(3)11-14-6-5-7-15(9-14)21-4/h5-9H,10-11,18H2,1-4H3. The highest BCUT2D eigenvalue weighted by molar-refractivity contribution is 5.51. The minimum Gasteiger partial charge on any atom is -0.497 e. The molecule has 0 spiro atoms. The van der Waals surface area contributed by atoms with E-state index in [2.05, 4.69) is 28.9 Å². The fraction of sp³-hybridized carbons (Fsp3) is 0.353. The summed E-state index contributed by atoms with van der Waals surface area (Å²) in [6.07, 6.45) is 0. The Hall–Kier alpha value is -2.07. The summed E-state index contributed by atoms with van der Waals surface area (Å²) < 4.78 is 5.27. The van der Waals surface area contributed by atoms with E-state index in [4.69, 9.17) is 10.5 Å². The molecule has 0 saturated heterocycles. The van der Waals surface area contributed by atoms with Crippen LogP contribution in [0, 0.1) is 13.8 Å². The van der Waals surface area contributed by atoms with Crippen LogP contribution in [0.3, 0.4) is 0 Å². The number of nitrogens with two attached hydrogens (primary N) is 1. The quantitative estimate of drug-likeness (QED) is 0.918. The van der Waals surface area contributed by atoms with Crippen LogP contribution in [0.1, 0.15) is 22.4 Å². The normalized spacial score (nSPS) is 10.5. The molecule has 2 aromatic rings. The zero-order chi connectivity index (χ0) is 15.4. The zero-order valence-electron chi connectivity index (χ0n) is 13.2. The summed E-state index contributed by atoms with van der Waals surface area (Å²) in [5, 5.41) is 0.